The number of aryl methyl sites for hydroxylation is 2. The number of benzene rings is 3. The zero-order valence-corrected chi connectivity index (χ0v) is 29.8. The Morgan fingerprint density at radius 2 is 1.50 bits per heavy atom. The van der Waals surface area contributed by atoms with E-state index in [1.54, 1.807) is 32.9 Å². The van der Waals surface area contributed by atoms with Crippen molar-refractivity contribution in [2.45, 2.75) is 64.4 Å². The van der Waals surface area contributed by atoms with Crippen LogP contribution in [0.3, 0.4) is 0 Å². The third-order valence-electron chi connectivity index (χ3n) is 9.22. The highest BCUT2D eigenvalue weighted by molar-refractivity contribution is 7.93. The van der Waals surface area contributed by atoms with Gasteiger partial charge in [0, 0.05) is 51.1 Å². The van der Waals surface area contributed by atoms with Crippen LogP contribution in [0.25, 0.3) is 0 Å². The number of piperazine rings is 1. The number of anilines is 2. The van der Waals surface area contributed by atoms with Crippen LogP contribution in [0.1, 0.15) is 66.2 Å². The van der Waals surface area contributed by atoms with Crippen molar-refractivity contribution in [3.8, 4) is 6.07 Å². The van der Waals surface area contributed by atoms with Crippen LogP contribution in [0.4, 0.5) is 16.2 Å². The van der Waals surface area contributed by atoms with Crippen LogP contribution in [0.5, 0.6) is 0 Å². The summed E-state index contributed by atoms with van der Waals surface area (Å²) in [5.41, 5.74) is 5.91. The van der Waals surface area contributed by atoms with Crippen LogP contribution in [0.15, 0.2) is 69.9 Å². The number of nitrogens with zero attached hydrogens (tertiary/aromatic N) is 5. The molecule has 2 fully saturated rings. The van der Waals surface area contributed by atoms with Crippen molar-refractivity contribution in [1.29, 1.82) is 5.26 Å². The maximum absolute atomic E-state index is 13.9. The molecule has 0 N–H and O–H groups in total. The van der Waals surface area contributed by atoms with Crippen LogP contribution in [-0.2, 0) is 20.9 Å². The van der Waals surface area contributed by atoms with Gasteiger partial charge in [-0.2, -0.15) is 5.26 Å². The van der Waals surface area contributed by atoms with E-state index in [4.69, 9.17) is 4.74 Å². The minimum Gasteiger partial charge on any atom is -0.442 e. The molecule has 0 bridgehead atoms. The van der Waals surface area contributed by atoms with Gasteiger partial charge in [-0.15, -0.1) is 4.36 Å². The summed E-state index contributed by atoms with van der Waals surface area (Å²) >= 11 is 0. The van der Waals surface area contributed by atoms with Gasteiger partial charge in [0.1, 0.15) is 11.7 Å². The van der Waals surface area contributed by atoms with Gasteiger partial charge in [-0.25, -0.2) is 9.00 Å². The standard InChI is InChI=1S/C38H47N5O4S/c1-27-23-28(2)32(25-31(27)24-29-15-17-41(18-16-29)33-12-8-7-11-30(33)26-39)36(44)43-21-19-42(20-22-43)34-13-9-10-14-35(34)48(6,46)40-37(45)47-38(3,4)5/h7-14,23,25,29H,15-22,24H2,1-6H3. The second-order valence-electron chi connectivity index (χ2n) is 14.0. The summed E-state index contributed by atoms with van der Waals surface area (Å²) in [7, 11) is -3.07. The summed E-state index contributed by atoms with van der Waals surface area (Å²) in [4.78, 5) is 33.1. The van der Waals surface area contributed by atoms with Crippen LogP contribution in [0, 0.1) is 31.1 Å². The number of nitriles is 1. The molecule has 254 valence electrons. The third kappa shape index (κ3) is 8.19. The molecule has 2 amide bonds. The lowest BCUT2D eigenvalue weighted by Crippen LogP contribution is -2.49. The molecular weight excluding hydrogens is 623 g/mol. The molecule has 5 rings (SSSR count). The Bertz CT molecular complexity index is 1830. The van der Waals surface area contributed by atoms with Gasteiger partial charge >= 0.3 is 6.09 Å². The molecule has 2 aliphatic rings. The van der Waals surface area contributed by atoms with Crippen molar-refractivity contribution < 1.29 is 18.5 Å². The fourth-order valence-electron chi connectivity index (χ4n) is 6.71. The van der Waals surface area contributed by atoms with Crippen LogP contribution < -0.4 is 9.80 Å². The van der Waals surface area contributed by atoms with Crippen molar-refractivity contribution in [1.82, 2.24) is 4.90 Å². The molecule has 0 aliphatic carbocycles. The van der Waals surface area contributed by atoms with E-state index in [9.17, 15) is 19.1 Å². The maximum Gasteiger partial charge on any atom is 0.442 e. The van der Waals surface area contributed by atoms with Gasteiger partial charge in [-0.1, -0.05) is 30.3 Å². The lowest BCUT2D eigenvalue weighted by atomic mass is 9.86. The molecule has 2 heterocycles. The minimum atomic E-state index is -3.07. The summed E-state index contributed by atoms with van der Waals surface area (Å²) < 4.78 is 22.9. The first-order chi connectivity index (χ1) is 22.8. The highest BCUT2D eigenvalue weighted by atomic mass is 32.2. The predicted molar refractivity (Wildman–Crippen MR) is 191 cm³/mol. The van der Waals surface area contributed by atoms with E-state index in [1.807, 2.05) is 48.2 Å². The summed E-state index contributed by atoms with van der Waals surface area (Å²) in [6, 6.07) is 21.7. The van der Waals surface area contributed by atoms with E-state index in [1.165, 1.54) is 17.4 Å². The number of hydrogen-bond acceptors (Lipinski definition) is 7. The molecule has 0 spiro atoms. The molecule has 10 heteroatoms. The number of para-hydroxylation sites is 2. The normalized spacial score (nSPS) is 17.0. The van der Waals surface area contributed by atoms with Gasteiger partial charge in [-0.05, 0) is 107 Å². The minimum absolute atomic E-state index is 0.0313. The second kappa shape index (κ2) is 14.4. The lowest BCUT2D eigenvalue weighted by Gasteiger charge is -2.37. The predicted octanol–water partition coefficient (Wildman–Crippen LogP) is 6.99. The fraction of sp³-hybridized carbons (Fsp3) is 0.447. The molecular formula is C38H47N5O4S. The quantitative estimate of drug-likeness (QED) is 0.279. The van der Waals surface area contributed by atoms with Crippen molar-refractivity contribution in [2.24, 2.45) is 10.3 Å². The molecule has 0 aromatic heterocycles. The van der Waals surface area contributed by atoms with Gasteiger partial charge in [0.05, 0.1) is 31.6 Å². The molecule has 1 unspecified atom stereocenters. The molecule has 3 aromatic carbocycles. The molecule has 0 radical (unpaired) electrons. The van der Waals surface area contributed by atoms with Gasteiger partial charge in [0.2, 0.25) is 0 Å². The number of amides is 2. The average molecular weight is 670 g/mol. The Labute approximate surface area is 285 Å². The van der Waals surface area contributed by atoms with E-state index in [0.717, 1.165) is 60.4 Å². The Balaban J connectivity index is 1.24. The van der Waals surface area contributed by atoms with Crippen LogP contribution in [0.2, 0.25) is 0 Å². The van der Waals surface area contributed by atoms with E-state index < -0.39 is 21.4 Å². The molecule has 48 heavy (non-hydrogen) atoms. The smallest absolute Gasteiger partial charge is 0.442 e. The van der Waals surface area contributed by atoms with Gasteiger partial charge < -0.3 is 19.4 Å². The second-order valence-corrected chi connectivity index (χ2v) is 16.2. The van der Waals surface area contributed by atoms with Crippen molar-refractivity contribution in [2.75, 3.05) is 55.3 Å². The number of carbonyl (C=O) groups excluding carboxylic acids is 2. The zero-order chi connectivity index (χ0) is 34.6. The zero-order valence-electron chi connectivity index (χ0n) is 29.0. The molecule has 1 atom stereocenters. The first-order valence-corrected chi connectivity index (χ1v) is 18.6. The maximum atomic E-state index is 13.9. The number of hydrogen-bond donors (Lipinski definition) is 0. The van der Waals surface area contributed by atoms with Crippen LogP contribution >= 0.6 is 0 Å². The summed E-state index contributed by atoms with van der Waals surface area (Å²) in [6.45, 7) is 13.4. The number of piperidine rings is 1. The van der Waals surface area contributed by atoms with E-state index in [2.05, 4.69) is 39.3 Å². The summed E-state index contributed by atoms with van der Waals surface area (Å²) in [5, 5.41) is 9.54. The molecule has 0 saturated carbocycles. The third-order valence-corrected chi connectivity index (χ3v) is 10.9. The Morgan fingerprint density at radius 3 is 2.15 bits per heavy atom. The largest absolute Gasteiger partial charge is 0.442 e. The number of ether oxygens (including phenoxy) is 1. The number of rotatable bonds is 6. The summed E-state index contributed by atoms with van der Waals surface area (Å²) in [6.07, 6.45) is 3.61. The monoisotopic (exact) mass is 669 g/mol. The summed E-state index contributed by atoms with van der Waals surface area (Å²) in [5.74, 6) is 0.545. The van der Waals surface area contributed by atoms with Crippen molar-refractivity contribution in [3.63, 3.8) is 0 Å². The first kappa shape index (κ1) is 35.0. The topological polar surface area (TPSA) is 106 Å². The Morgan fingerprint density at radius 1 is 0.896 bits per heavy atom. The molecule has 9 nitrogen and oxygen atoms in total. The molecule has 3 aromatic rings. The van der Waals surface area contributed by atoms with E-state index in [0.29, 0.717) is 37.0 Å². The highest BCUT2D eigenvalue weighted by Crippen LogP contribution is 2.31. The van der Waals surface area contributed by atoms with Gasteiger partial charge in [0.25, 0.3) is 5.91 Å². The Kier molecular flexibility index (Phi) is 10.5. The van der Waals surface area contributed by atoms with Crippen LogP contribution in [-0.4, -0.2) is 72.2 Å². The molecule has 2 saturated heterocycles. The highest BCUT2D eigenvalue weighted by Gasteiger charge is 2.28. The Hall–Kier alpha value is -4.36. The fourth-order valence-corrected chi connectivity index (χ4v) is 8.05. The first-order valence-electron chi connectivity index (χ1n) is 16.7. The van der Waals surface area contributed by atoms with E-state index in [-0.39, 0.29) is 5.91 Å². The van der Waals surface area contributed by atoms with Gasteiger partial charge in [-0.3, -0.25) is 4.79 Å². The number of carbonyl (C=O) groups is 2. The van der Waals surface area contributed by atoms with Crippen molar-refractivity contribution in [3.05, 3.63) is 88.5 Å². The van der Waals surface area contributed by atoms with Gasteiger partial charge in [0.15, 0.2) is 0 Å². The van der Waals surface area contributed by atoms with E-state index >= 15 is 0 Å². The van der Waals surface area contributed by atoms with Crippen molar-refractivity contribution >= 4 is 33.1 Å². The molecule has 2 aliphatic heterocycles. The SMILES string of the molecule is Cc1cc(C)c(C(=O)N2CCN(c3ccccc3S(C)(=O)=NC(=O)OC(C)(C)C)CC2)cc1CC1CCN(c2ccccc2C#N)CC1. The lowest BCUT2D eigenvalue weighted by molar-refractivity contribution is 0.0607. The average Bonchev–Trinajstić information content (AvgIpc) is 3.05.